The van der Waals surface area contributed by atoms with E-state index >= 15 is 0 Å². The Hall–Kier alpha value is -0.800. The summed E-state index contributed by atoms with van der Waals surface area (Å²) in [6.07, 6.45) is 1.73. The van der Waals surface area contributed by atoms with Crippen LogP contribution < -0.4 is 11.3 Å². The zero-order chi connectivity index (χ0) is 11.9. The van der Waals surface area contributed by atoms with Gasteiger partial charge in [0.25, 0.3) is 5.91 Å². The molecule has 1 heterocycles. The number of halogens is 2. The average Bonchev–Trinajstić information content (AvgIpc) is 2.52. The fourth-order valence-corrected chi connectivity index (χ4v) is 2.65. The first-order chi connectivity index (χ1) is 7.54. The molecule has 2 rings (SSSR count). The van der Waals surface area contributed by atoms with Gasteiger partial charge in [0.05, 0.1) is 11.1 Å². The molecule has 0 saturated carbocycles. The number of nitrogens with one attached hydrogen (secondary N) is 1. The average molecular weight is 351 g/mol. The van der Waals surface area contributed by atoms with Crippen molar-refractivity contribution < 1.29 is 9.18 Å². The van der Waals surface area contributed by atoms with Gasteiger partial charge in [-0.3, -0.25) is 14.2 Å². The molecule has 2 aromatic rings. The number of carbonyl (C=O) groups is 1. The van der Waals surface area contributed by atoms with Gasteiger partial charge in [-0.15, -0.1) is 0 Å². The van der Waals surface area contributed by atoms with E-state index in [4.69, 9.17) is 5.84 Å². The van der Waals surface area contributed by atoms with E-state index in [0.29, 0.717) is 5.52 Å². The van der Waals surface area contributed by atoms with Crippen molar-refractivity contribution in [1.29, 1.82) is 0 Å². The van der Waals surface area contributed by atoms with Crippen LogP contribution in [0.3, 0.4) is 0 Å². The summed E-state index contributed by atoms with van der Waals surface area (Å²) in [7, 11) is 0. The van der Waals surface area contributed by atoms with Crippen molar-refractivity contribution >= 4 is 52.2 Å². The number of rotatable bonds is 1. The minimum Gasteiger partial charge on any atom is -0.293 e. The number of fused-ring (bicyclic) bond motifs is 1. The van der Waals surface area contributed by atoms with Crippen molar-refractivity contribution in [2.75, 3.05) is 0 Å². The van der Waals surface area contributed by atoms with Gasteiger partial charge in [-0.05, 0) is 34.7 Å². The number of nitrogen functional groups attached to an aromatic ring is 1. The van der Waals surface area contributed by atoms with E-state index in [1.54, 1.807) is 6.20 Å². The zero-order valence-electron chi connectivity index (χ0n) is 7.87. The van der Waals surface area contributed by atoms with Crippen LogP contribution in [0.5, 0.6) is 0 Å². The van der Waals surface area contributed by atoms with Crippen molar-refractivity contribution in [3.8, 4) is 0 Å². The highest BCUT2D eigenvalue weighted by atomic mass is 127. The molecule has 1 aromatic heterocycles. The summed E-state index contributed by atoms with van der Waals surface area (Å²) in [4.78, 5) is 11.3. The van der Waals surface area contributed by atoms with Crippen LogP contribution >= 0.6 is 35.4 Å². The molecule has 0 radical (unpaired) electrons. The molecular weight excluding hydrogens is 344 g/mol. The van der Waals surface area contributed by atoms with E-state index in [-0.39, 0.29) is 5.56 Å². The van der Waals surface area contributed by atoms with Gasteiger partial charge in [0.15, 0.2) is 0 Å². The lowest BCUT2D eigenvalue weighted by molar-refractivity contribution is 0.0950. The van der Waals surface area contributed by atoms with Crippen LogP contribution in [0.25, 0.3) is 10.9 Å². The van der Waals surface area contributed by atoms with E-state index in [0.717, 1.165) is 8.96 Å². The Morgan fingerprint density at radius 2 is 2.25 bits per heavy atom. The predicted octanol–water partition coefficient (Wildman–Crippen LogP) is 1.68. The molecular formula is C9H7FIN3OS. The number of benzene rings is 1. The highest BCUT2D eigenvalue weighted by Crippen LogP contribution is 2.26. The largest absolute Gasteiger partial charge is 0.293 e. The first kappa shape index (κ1) is 11.7. The van der Waals surface area contributed by atoms with Gasteiger partial charge >= 0.3 is 0 Å². The van der Waals surface area contributed by atoms with E-state index in [1.165, 1.54) is 16.1 Å². The van der Waals surface area contributed by atoms with Gasteiger partial charge in [0.2, 0.25) is 0 Å². The Morgan fingerprint density at radius 1 is 1.56 bits per heavy atom. The SMILES string of the molecule is NNC(=O)c1cc2c(I)cn(S)c2cc1F. The van der Waals surface area contributed by atoms with Crippen LogP contribution in [-0.2, 0) is 0 Å². The molecule has 0 aliphatic heterocycles. The van der Waals surface area contributed by atoms with Crippen LogP contribution in [-0.4, -0.2) is 9.88 Å². The molecule has 0 bridgehead atoms. The van der Waals surface area contributed by atoms with E-state index in [2.05, 4.69) is 35.4 Å². The fourth-order valence-electron chi connectivity index (χ4n) is 1.44. The Balaban J connectivity index is 2.75. The number of hydrogen-bond acceptors (Lipinski definition) is 3. The van der Waals surface area contributed by atoms with E-state index in [9.17, 15) is 9.18 Å². The second-order valence-corrected chi connectivity index (χ2v) is 4.74. The Labute approximate surface area is 110 Å². The number of amides is 1. The molecule has 7 heteroatoms. The summed E-state index contributed by atoms with van der Waals surface area (Å²) >= 11 is 6.24. The maximum absolute atomic E-state index is 13.6. The van der Waals surface area contributed by atoms with E-state index < -0.39 is 11.7 Å². The molecule has 84 valence electrons. The second-order valence-electron chi connectivity index (χ2n) is 3.14. The summed E-state index contributed by atoms with van der Waals surface area (Å²) in [6, 6.07) is 2.72. The van der Waals surface area contributed by atoms with Gasteiger partial charge in [-0.1, -0.05) is 12.8 Å². The maximum Gasteiger partial charge on any atom is 0.268 e. The highest BCUT2D eigenvalue weighted by Gasteiger charge is 2.15. The number of nitrogens with two attached hydrogens (primary N) is 1. The molecule has 3 N–H and O–H groups in total. The lowest BCUT2D eigenvalue weighted by Crippen LogP contribution is -2.30. The third-order valence-corrected chi connectivity index (χ3v) is 3.39. The van der Waals surface area contributed by atoms with Crippen LogP contribution in [0.2, 0.25) is 0 Å². The fraction of sp³-hybridized carbons (Fsp3) is 0. The molecule has 0 spiro atoms. The third-order valence-electron chi connectivity index (χ3n) is 2.20. The normalized spacial score (nSPS) is 10.8. The van der Waals surface area contributed by atoms with Crippen LogP contribution in [0.15, 0.2) is 18.3 Å². The smallest absolute Gasteiger partial charge is 0.268 e. The quantitative estimate of drug-likeness (QED) is 0.241. The number of hydrazine groups is 1. The molecule has 1 amide bonds. The minimum atomic E-state index is -0.651. The maximum atomic E-state index is 13.6. The molecule has 1 aromatic carbocycles. The zero-order valence-corrected chi connectivity index (χ0v) is 10.9. The summed E-state index contributed by atoms with van der Waals surface area (Å²) in [5, 5.41) is 0.760. The monoisotopic (exact) mass is 351 g/mol. The van der Waals surface area contributed by atoms with E-state index in [1.807, 2.05) is 5.43 Å². The first-order valence-corrected chi connectivity index (χ1v) is 5.72. The van der Waals surface area contributed by atoms with Crippen LogP contribution in [0, 0.1) is 9.39 Å². The minimum absolute atomic E-state index is 0.0764. The van der Waals surface area contributed by atoms with Gasteiger partial charge in [-0.2, -0.15) is 0 Å². The lowest BCUT2D eigenvalue weighted by Gasteiger charge is -2.03. The van der Waals surface area contributed by atoms with Crippen molar-refractivity contribution in [1.82, 2.24) is 9.40 Å². The van der Waals surface area contributed by atoms with Gasteiger partial charge < -0.3 is 0 Å². The summed E-state index contributed by atoms with van der Waals surface area (Å²) in [5.74, 6) is 3.70. The van der Waals surface area contributed by atoms with Gasteiger partial charge in [0, 0.05) is 15.2 Å². The number of carbonyl (C=O) groups excluding carboxylic acids is 1. The first-order valence-electron chi connectivity index (χ1n) is 4.25. The van der Waals surface area contributed by atoms with Gasteiger partial charge in [0.1, 0.15) is 5.82 Å². The molecule has 0 fully saturated rings. The van der Waals surface area contributed by atoms with Crippen LogP contribution in [0.4, 0.5) is 4.39 Å². The van der Waals surface area contributed by atoms with Crippen molar-refractivity contribution in [3.63, 3.8) is 0 Å². The molecule has 0 aliphatic rings. The third kappa shape index (κ3) is 1.78. The molecule has 16 heavy (non-hydrogen) atoms. The Morgan fingerprint density at radius 3 is 2.88 bits per heavy atom. The summed E-state index contributed by atoms with van der Waals surface area (Å²) < 4.78 is 16.0. The number of hydrogen-bond donors (Lipinski definition) is 3. The molecule has 0 saturated heterocycles. The lowest BCUT2D eigenvalue weighted by atomic mass is 10.1. The van der Waals surface area contributed by atoms with Crippen molar-refractivity contribution in [2.24, 2.45) is 5.84 Å². The topological polar surface area (TPSA) is 60.0 Å². The predicted molar refractivity (Wildman–Crippen MR) is 70.7 cm³/mol. The number of nitrogens with zero attached hydrogens (tertiary/aromatic N) is 1. The summed E-state index contributed by atoms with van der Waals surface area (Å²) in [6.45, 7) is 0. The standard InChI is InChI=1S/C9H7FIN3OS/c10-6-2-8-5(7(11)3-14(8)16)1-4(6)9(15)13-12/h1-3,16H,12H2,(H,13,15). The van der Waals surface area contributed by atoms with Crippen molar-refractivity contribution in [2.45, 2.75) is 0 Å². The molecule has 0 unspecified atom stereocenters. The molecule has 0 atom stereocenters. The number of aromatic nitrogens is 1. The Bertz CT molecular complexity index is 584. The highest BCUT2D eigenvalue weighted by molar-refractivity contribution is 14.1. The van der Waals surface area contributed by atoms with Crippen LogP contribution in [0.1, 0.15) is 10.4 Å². The van der Waals surface area contributed by atoms with Crippen molar-refractivity contribution in [3.05, 3.63) is 33.3 Å². The van der Waals surface area contributed by atoms with Gasteiger partial charge in [-0.25, -0.2) is 10.2 Å². The Kier molecular flexibility index (Phi) is 3.08. The molecule has 0 aliphatic carbocycles. The summed E-state index contributed by atoms with van der Waals surface area (Å²) in [5.41, 5.74) is 2.44. The number of thiol groups is 1. The second kappa shape index (κ2) is 4.22. The molecule has 4 nitrogen and oxygen atoms in total.